The van der Waals surface area contributed by atoms with Gasteiger partial charge in [-0.05, 0) is 29.2 Å². The van der Waals surface area contributed by atoms with Gasteiger partial charge in [0.15, 0.2) is 0 Å². The Morgan fingerprint density at radius 2 is 1.48 bits per heavy atom. The molecule has 1 fully saturated rings. The van der Waals surface area contributed by atoms with Gasteiger partial charge in [-0.2, -0.15) is 0 Å². The van der Waals surface area contributed by atoms with Crippen molar-refractivity contribution >= 4 is 23.1 Å². The van der Waals surface area contributed by atoms with Gasteiger partial charge in [0.1, 0.15) is 23.8 Å². The Hall–Kier alpha value is -3.15. The quantitative estimate of drug-likeness (QED) is 0.721. The van der Waals surface area contributed by atoms with Crippen LogP contribution in [0.1, 0.15) is 26.3 Å². The molecule has 3 heterocycles. The van der Waals surface area contributed by atoms with E-state index in [1.165, 1.54) is 5.56 Å². The number of nitrogens with zero attached hydrogens (tertiary/aromatic N) is 5. The molecule has 6 heteroatoms. The van der Waals surface area contributed by atoms with Crippen LogP contribution in [0.15, 0.2) is 61.1 Å². The number of anilines is 4. The highest BCUT2D eigenvalue weighted by molar-refractivity contribution is 5.64. The van der Waals surface area contributed by atoms with Crippen molar-refractivity contribution < 1.29 is 0 Å². The Morgan fingerprint density at radius 3 is 2.17 bits per heavy atom. The Labute approximate surface area is 172 Å². The fourth-order valence-corrected chi connectivity index (χ4v) is 3.68. The van der Waals surface area contributed by atoms with Crippen molar-refractivity contribution in [3.05, 3.63) is 66.6 Å². The average Bonchev–Trinajstić information content (AvgIpc) is 2.74. The largest absolute Gasteiger partial charge is 0.353 e. The van der Waals surface area contributed by atoms with E-state index in [0.717, 1.165) is 49.3 Å². The molecule has 2 aromatic heterocycles. The molecule has 0 unspecified atom stereocenters. The fourth-order valence-electron chi connectivity index (χ4n) is 3.68. The third kappa shape index (κ3) is 4.47. The maximum absolute atomic E-state index is 4.51. The van der Waals surface area contributed by atoms with Gasteiger partial charge in [-0.15, -0.1) is 0 Å². The molecule has 0 bridgehead atoms. The normalized spacial score (nSPS) is 14.7. The van der Waals surface area contributed by atoms with Gasteiger partial charge in [-0.3, -0.25) is 0 Å². The summed E-state index contributed by atoms with van der Waals surface area (Å²) in [7, 11) is 0. The molecule has 3 aromatic rings. The molecule has 29 heavy (non-hydrogen) atoms. The van der Waals surface area contributed by atoms with Gasteiger partial charge in [0.2, 0.25) is 0 Å². The van der Waals surface area contributed by atoms with Crippen molar-refractivity contribution in [2.75, 3.05) is 41.3 Å². The van der Waals surface area contributed by atoms with Crippen molar-refractivity contribution in [2.24, 2.45) is 0 Å². The van der Waals surface area contributed by atoms with E-state index in [1.807, 2.05) is 24.4 Å². The van der Waals surface area contributed by atoms with Gasteiger partial charge in [0, 0.05) is 44.1 Å². The zero-order valence-electron chi connectivity index (χ0n) is 17.3. The third-order valence-electron chi connectivity index (χ3n) is 5.23. The maximum atomic E-state index is 4.51. The first-order valence-electron chi connectivity index (χ1n) is 10.1. The maximum Gasteiger partial charge on any atom is 0.135 e. The second-order valence-corrected chi connectivity index (χ2v) is 8.34. The minimum absolute atomic E-state index is 0.0568. The predicted octanol–water partition coefficient (Wildman–Crippen LogP) is 4.24. The second kappa shape index (κ2) is 8.07. The summed E-state index contributed by atoms with van der Waals surface area (Å²) < 4.78 is 0. The molecule has 1 aliphatic heterocycles. The lowest BCUT2D eigenvalue weighted by Gasteiger charge is -2.36. The molecule has 0 saturated carbocycles. The number of hydrogen-bond acceptors (Lipinski definition) is 6. The number of hydrogen-bond donors (Lipinski definition) is 1. The van der Waals surface area contributed by atoms with Gasteiger partial charge >= 0.3 is 0 Å². The predicted molar refractivity (Wildman–Crippen MR) is 119 cm³/mol. The lowest BCUT2D eigenvalue weighted by Crippen LogP contribution is -2.47. The van der Waals surface area contributed by atoms with E-state index in [-0.39, 0.29) is 5.41 Å². The zero-order chi connectivity index (χ0) is 20.3. The molecule has 0 spiro atoms. The van der Waals surface area contributed by atoms with Crippen molar-refractivity contribution in [2.45, 2.75) is 26.2 Å². The average molecular weight is 389 g/mol. The molecule has 0 aliphatic carbocycles. The lowest BCUT2D eigenvalue weighted by molar-refractivity contribution is 0.592. The number of aromatic nitrogens is 3. The van der Waals surface area contributed by atoms with E-state index in [0.29, 0.717) is 0 Å². The van der Waals surface area contributed by atoms with Crippen LogP contribution in [0.25, 0.3) is 0 Å². The molecule has 150 valence electrons. The smallest absolute Gasteiger partial charge is 0.135 e. The molecule has 1 aromatic carbocycles. The van der Waals surface area contributed by atoms with E-state index >= 15 is 0 Å². The zero-order valence-corrected chi connectivity index (χ0v) is 17.3. The van der Waals surface area contributed by atoms with Crippen LogP contribution in [0.3, 0.4) is 0 Å². The molecule has 0 atom stereocenters. The number of benzene rings is 1. The van der Waals surface area contributed by atoms with E-state index in [9.17, 15) is 0 Å². The first-order valence-corrected chi connectivity index (χ1v) is 10.1. The molecule has 6 nitrogen and oxygen atoms in total. The highest BCUT2D eigenvalue weighted by Gasteiger charge is 2.20. The van der Waals surface area contributed by atoms with Gasteiger partial charge < -0.3 is 15.1 Å². The summed E-state index contributed by atoms with van der Waals surface area (Å²) in [6.07, 6.45) is 3.49. The summed E-state index contributed by atoms with van der Waals surface area (Å²) in [6, 6.07) is 16.5. The molecular formula is C23H28N6. The SMILES string of the molecule is CC(C)(C)c1ccccc1Nc1cc(N2CCN(c3ccccn3)CC2)ncn1. The van der Waals surface area contributed by atoms with Crippen molar-refractivity contribution in [1.82, 2.24) is 15.0 Å². The number of nitrogens with one attached hydrogen (secondary N) is 1. The van der Waals surface area contributed by atoms with E-state index in [4.69, 9.17) is 0 Å². The van der Waals surface area contributed by atoms with E-state index < -0.39 is 0 Å². The van der Waals surface area contributed by atoms with Crippen LogP contribution in [0.5, 0.6) is 0 Å². The van der Waals surface area contributed by atoms with Crippen LogP contribution in [0.4, 0.5) is 23.1 Å². The van der Waals surface area contributed by atoms with Gasteiger partial charge in [0.05, 0.1) is 0 Å². The summed E-state index contributed by atoms with van der Waals surface area (Å²) >= 11 is 0. The van der Waals surface area contributed by atoms with E-state index in [2.05, 4.69) is 81.2 Å². The highest BCUT2D eigenvalue weighted by atomic mass is 15.3. The van der Waals surface area contributed by atoms with Crippen LogP contribution >= 0.6 is 0 Å². The van der Waals surface area contributed by atoms with Crippen LogP contribution in [-0.4, -0.2) is 41.1 Å². The minimum atomic E-state index is 0.0568. The number of rotatable bonds is 4. The van der Waals surface area contributed by atoms with Gasteiger partial charge in [-0.1, -0.05) is 45.0 Å². The second-order valence-electron chi connectivity index (χ2n) is 8.34. The Kier molecular flexibility index (Phi) is 5.34. The molecular weight excluding hydrogens is 360 g/mol. The van der Waals surface area contributed by atoms with Crippen molar-refractivity contribution in [3.63, 3.8) is 0 Å². The van der Waals surface area contributed by atoms with E-state index in [1.54, 1.807) is 6.33 Å². The van der Waals surface area contributed by atoms with Crippen LogP contribution < -0.4 is 15.1 Å². The third-order valence-corrected chi connectivity index (χ3v) is 5.23. The molecule has 1 saturated heterocycles. The number of pyridine rings is 1. The highest BCUT2D eigenvalue weighted by Crippen LogP contribution is 2.31. The minimum Gasteiger partial charge on any atom is -0.353 e. The van der Waals surface area contributed by atoms with Gasteiger partial charge in [-0.25, -0.2) is 15.0 Å². The molecule has 0 amide bonds. The van der Waals surface area contributed by atoms with Crippen LogP contribution in [0.2, 0.25) is 0 Å². The topological polar surface area (TPSA) is 57.2 Å². The molecule has 4 rings (SSSR count). The van der Waals surface area contributed by atoms with Crippen LogP contribution in [0, 0.1) is 0 Å². The molecule has 0 radical (unpaired) electrons. The Bertz CT molecular complexity index is 943. The molecule has 1 aliphatic rings. The Balaban J connectivity index is 1.47. The number of piperazine rings is 1. The first kappa shape index (κ1) is 19.2. The van der Waals surface area contributed by atoms with Crippen molar-refractivity contribution in [1.29, 1.82) is 0 Å². The summed E-state index contributed by atoms with van der Waals surface area (Å²) in [5.41, 5.74) is 2.41. The summed E-state index contributed by atoms with van der Waals surface area (Å²) in [6.45, 7) is 10.3. The monoisotopic (exact) mass is 388 g/mol. The molecule has 1 N–H and O–H groups in total. The summed E-state index contributed by atoms with van der Waals surface area (Å²) in [4.78, 5) is 18.0. The summed E-state index contributed by atoms with van der Waals surface area (Å²) in [5, 5.41) is 3.49. The Morgan fingerprint density at radius 1 is 0.793 bits per heavy atom. The first-order chi connectivity index (χ1) is 14.0. The van der Waals surface area contributed by atoms with Crippen LogP contribution in [-0.2, 0) is 5.41 Å². The van der Waals surface area contributed by atoms with Crippen molar-refractivity contribution in [3.8, 4) is 0 Å². The summed E-state index contributed by atoms with van der Waals surface area (Å²) in [5.74, 6) is 2.81. The fraction of sp³-hybridized carbons (Fsp3) is 0.348. The standard InChI is InChI=1S/C23H28N6/c1-23(2,3)18-8-4-5-9-19(18)27-20-16-22(26-17-25-20)29-14-12-28(13-15-29)21-10-6-7-11-24-21/h4-11,16-17H,12-15H2,1-3H3,(H,25,26,27). The van der Waals surface area contributed by atoms with Gasteiger partial charge in [0.25, 0.3) is 0 Å². The lowest BCUT2D eigenvalue weighted by atomic mass is 9.86. The number of para-hydroxylation sites is 1.